The Balaban J connectivity index is 1.57. The molecular weight excluding hydrogens is 487 g/mol. The van der Waals surface area contributed by atoms with Crippen LogP contribution in [0.3, 0.4) is 0 Å². The molecule has 0 fully saturated rings. The lowest BCUT2D eigenvalue weighted by Gasteiger charge is -2.41. The van der Waals surface area contributed by atoms with Crippen LogP contribution in [0.2, 0.25) is 0 Å². The molecule has 2 aromatic heterocycles. The molecule has 0 amide bonds. The van der Waals surface area contributed by atoms with Crippen molar-refractivity contribution in [3.8, 4) is 17.0 Å². The van der Waals surface area contributed by atoms with Crippen molar-refractivity contribution >= 4 is 28.1 Å². The quantitative estimate of drug-likeness (QED) is 0.258. The minimum Gasteiger partial charge on any atom is -0.506 e. The second kappa shape index (κ2) is 8.31. The van der Waals surface area contributed by atoms with E-state index in [4.69, 9.17) is 0 Å². The number of para-hydroxylation sites is 1. The van der Waals surface area contributed by atoms with Crippen molar-refractivity contribution in [1.29, 1.82) is 0 Å². The summed E-state index contributed by atoms with van der Waals surface area (Å²) in [6.07, 6.45) is -2.77. The highest BCUT2D eigenvalue weighted by Crippen LogP contribution is 2.52. The maximum atomic E-state index is 13.6. The average molecular weight is 512 g/mol. The molecule has 0 bridgehead atoms. The number of phenols is 1. The Hall–Kier alpha value is -4.39. The van der Waals surface area contributed by atoms with Crippen LogP contribution in [0, 0.1) is 6.92 Å². The van der Waals surface area contributed by atoms with E-state index in [2.05, 4.69) is 40.8 Å². The maximum absolute atomic E-state index is 13.6. The Labute approximate surface area is 218 Å². The first-order valence-electron chi connectivity index (χ1n) is 12.2. The lowest BCUT2D eigenvalue weighted by molar-refractivity contribution is -0.136. The zero-order chi connectivity index (χ0) is 26.8. The van der Waals surface area contributed by atoms with E-state index in [-0.39, 0.29) is 22.1 Å². The van der Waals surface area contributed by atoms with E-state index in [0.717, 1.165) is 51.6 Å². The Bertz CT molecular complexity index is 1730. The van der Waals surface area contributed by atoms with Gasteiger partial charge >= 0.3 is 6.18 Å². The maximum Gasteiger partial charge on any atom is 0.417 e. The summed E-state index contributed by atoms with van der Waals surface area (Å²) in [4.78, 5) is 11.3. The lowest BCUT2D eigenvalue weighted by Crippen LogP contribution is -2.31. The second-order valence-corrected chi connectivity index (χ2v) is 10.1. The Morgan fingerprint density at radius 1 is 0.842 bits per heavy atom. The van der Waals surface area contributed by atoms with Gasteiger partial charge in [0.2, 0.25) is 0 Å². The molecule has 1 aliphatic rings. The number of halogens is 3. The molecule has 1 N–H and O–H groups in total. The van der Waals surface area contributed by atoms with Gasteiger partial charge in [-0.25, -0.2) is 9.97 Å². The van der Waals surface area contributed by atoms with Gasteiger partial charge in [0, 0.05) is 22.6 Å². The van der Waals surface area contributed by atoms with Crippen LogP contribution in [0.1, 0.15) is 36.1 Å². The molecule has 0 spiro atoms. The van der Waals surface area contributed by atoms with Gasteiger partial charge in [-0.1, -0.05) is 44.2 Å². The van der Waals surface area contributed by atoms with Crippen molar-refractivity contribution in [2.45, 2.75) is 32.4 Å². The van der Waals surface area contributed by atoms with Crippen LogP contribution in [0.15, 0.2) is 85.1 Å². The van der Waals surface area contributed by atoms with Crippen LogP contribution in [-0.2, 0) is 11.6 Å². The monoisotopic (exact) mass is 511 g/mol. The predicted molar refractivity (Wildman–Crippen MR) is 143 cm³/mol. The average Bonchev–Trinajstić information content (AvgIpc) is 2.88. The number of phenolic OH excluding ortho intramolecular Hbond substituents is 1. The Morgan fingerprint density at radius 2 is 1.61 bits per heavy atom. The summed E-state index contributed by atoms with van der Waals surface area (Å²) in [6.45, 7) is 6.37. The van der Waals surface area contributed by atoms with Crippen molar-refractivity contribution < 1.29 is 18.3 Å². The van der Waals surface area contributed by atoms with E-state index >= 15 is 0 Å². The molecular formula is C31H24F3N3O. The molecule has 4 nitrogen and oxygen atoms in total. The third kappa shape index (κ3) is 3.69. The molecule has 0 atom stereocenters. The molecule has 0 aliphatic carbocycles. The number of nitrogens with zero attached hydrogens (tertiary/aromatic N) is 3. The van der Waals surface area contributed by atoms with Crippen molar-refractivity contribution in [2.75, 3.05) is 4.90 Å². The molecule has 5 aromatic rings. The summed E-state index contributed by atoms with van der Waals surface area (Å²) in [5.41, 5.74) is 5.22. The summed E-state index contributed by atoms with van der Waals surface area (Å²) in [5.74, 6) is 0.471. The van der Waals surface area contributed by atoms with Crippen molar-refractivity contribution in [2.24, 2.45) is 0 Å². The SMILES string of the molecule is Cc1ccnc(N2c3ccccc3C(C)(C)c3ccc(-c4ccc5c(C(F)(F)F)ccc(O)c5n4)cc32)c1. The number of aromatic nitrogens is 2. The van der Waals surface area contributed by atoms with Crippen LogP contribution in [0.4, 0.5) is 30.4 Å². The van der Waals surface area contributed by atoms with E-state index in [0.29, 0.717) is 5.69 Å². The van der Waals surface area contributed by atoms with E-state index in [1.807, 2.05) is 49.4 Å². The number of hydrogen-bond acceptors (Lipinski definition) is 4. The number of rotatable bonds is 2. The van der Waals surface area contributed by atoms with Crippen LogP contribution in [0.5, 0.6) is 5.75 Å². The number of fused-ring (bicyclic) bond motifs is 3. The summed E-state index contributed by atoms with van der Waals surface area (Å²) in [6, 6.07) is 23.0. The summed E-state index contributed by atoms with van der Waals surface area (Å²) in [7, 11) is 0. The van der Waals surface area contributed by atoms with Gasteiger partial charge in [-0.3, -0.25) is 4.90 Å². The standard InChI is InChI=1S/C31H24F3N3O/c1-18-14-15-35-28(16-18)37-25-7-5-4-6-22(25)30(2,3)23-10-8-19(17-26(23)37)24-12-9-20-21(31(32,33)34)11-13-27(38)29(20)36-24/h4-17,38H,1-3H3. The number of anilines is 3. The van der Waals surface area contributed by atoms with Gasteiger partial charge < -0.3 is 5.11 Å². The number of aryl methyl sites for hydroxylation is 1. The summed E-state index contributed by atoms with van der Waals surface area (Å²) >= 11 is 0. The van der Waals surface area contributed by atoms with E-state index in [1.54, 1.807) is 12.3 Å². The molecule has 190 valence electrons. The van der Waals surface area contributed by atoms with Crippen molar-refractivity contribution in [3.05, 3.63) is 107 Å². The lowest BCUT2D eigenvalue weighted by atomic mass is 9.73. The fourth-order valence-corrected chi connectivity index (χ4v) is 5.38. The van der Waals surface area contributed by atoms with Gasteiger partial charge in [0.15, 0.2) is 0 Å². The third-order valence-corrected chi connectivity index (χ3v) is 7.30. The summed E-state index contributed by atoms with van der Waals surface area (Å²) in [5, 5.41) is 10.2. The molecule has 6 rings (SSSR count). The van der Waals surface area contributed by atoms with Gasteiger partial charge in [-0.05, 0) is 72.1 Å². The normalized spacial score (nSPS) is 14.3. The van der Waals surface area contributed by atoms with E-state index < -0.39 is 11.7 Å². The fourth-order valence-electron chi connectivity index (χ4n) is 5.38. The molecule has 0 radical (unpaired) electrons. The van der Waals surface area contributed by atoms with Crippen molar-refractivity contribution in [1.82, 2.24) is 9.97 Å². The van der Waals surface area contributed by atoms with Gasteiger partial charge in [0.05, 0.1) is 22.6 Å². The Kier molecular flexibility index (Phi) is 5.24. The number of aromatic hydroxyl groups is 1. The first-order valence-corrected chi connectivity index (χ1v) is 12.2. The predicted octanol–water partition coefficient (Wildman–Crippen LogP) is 8.44. The number of hydrogen-bond donors (Lipinski definition) is 1. The van der Waals surface area contributed by atoms with E-state index in [1.165, 1.54) is 6.07 Å². The van der Waals surface area contributed by atoms with Crippen LogP contribution < -0.4 is 4.90 Å². The van der Waals surface area contributed by atoms with E-state index in [9.17, 15) is 18.3 Å². The molecule has 0 saturated heterocycles. The third-order valence-electron chi connectivity index (χ3n) is 7.30. The first kappa shape index (κ1) is 24.0. The van der Waals surface area contributed by atoms with Crippen LogP contribution in [0.25, 0.3) is 22.2 Å². The number of benzene rings is 3. The van der Waals surface area contributed by atoms with Gasteiger partial charge in [0.25, 0.3) is 0 Å². The molecule has 3 aromatic carbocycles. The molecule has 3 heterocycles. The van der Waals surface area contributed by atoms with Gasteiger partial charge in [-0.2, -0.15) is 13.2 Å². The number of pyridine rings is 2. The minimum absolute atomic E-state index is 0.0853. The highest BCUT2D eigenvalue weighted by atomic mass is 19.4. The minimum atomic E-state index is -4.55. The summed E-state index contributed by atoms with van der Waals surface area (Å²) < 4.78 is 40.7. The molecule has 0 unspecified atom stereocenters. The van der Waals surface area contributed by atoms with Gasteiger partial charge in [0.1, 0.15) is 17.1 Å². The molecule has 7 heteroatoms. The van der Waals surface area contributed by atoms with Gasteiger partial charge in [-0.15, -0.1) is 0 Å². The van der Waals surface area contributed by atoms with Crippen molar-refractivity contribution in [3.63, 3.8) is 0 Å². The zero-order valence-electron chi connectivity index (χ0n) is 21.0. The smallest absolute Gasteiger partial charge is 0.417 e. The molecule has 1 aliphatic heterocycles. The molecule has 0 saturated carbocycles. The fraction of sp³-hybridized carbons (Fsp3) is 0.161. The first-order chi connectivity index (χ1) is 18.1. The highest BCUT2D eigenvalue weighted by molar-refractivity contribution is 5.91. The highest BCUT2D eigenvalue weighted by Gasteiger charge is 2.37. The Morgan fingerprint density at radius 3 is 2.37 bits per heavy atom. The second-order valence-electron chi connectivity index (χ2n) is 10.1. The topological polar surface area (TPSA) is 49.2 Å². The van der Waals surface area contributed by atoms with Crippen LogP contribution in [-0.4, -0.2) is 15.1 Å². The molecule has 38 heavy (non-hydrogen) atoms. The largest absolute Gasteiger partial charge is 0.506 e. The van der Waals surface area contributed by atoms with Crippen LogP contribution >= 0.6 is 0 Å². The number of alkyl halides is 3. The zero-order valence-corrected chi connectivity index (χ0v) is 21.0.